The molecule has 0 bridgehead atoms. The Hall–Kier alpha value is -0.830. The zero-order chi connectivity index (χ0) is 10.8. The lowest BCUT2D eigenvalue weighted by Crippen LogP contribution is -2.30. The summed E-state index contributed by atoms with van der Waals surface area (Å²) in [7, 11) is 0. The maximum Gasteiger partial charge on any atom is 0.0537 e. The van der Waals surface area contributed by atoms with Crippen molar-refractivity contribution in [1.82, 2.24) is 15.1 Å². The van der Waals surface area contributed by atoms with Crippen molar-refractivity contribution in [2.45, 2.75) is 52.2 Å². The average molecular weight is 207 g/mol. The lowest BCUT2D eigenvalue weighted by molar-refractivity contribution is 0.441. The largest absolute Gasteiger partial charge is 0.307 e. The standard InChI is InChI=1S/C12H21N3/c1-4-15-8-12(7-13-15)10(3)14-9(2)11-5-6-11/h7-11,14H,4-6H2,1-3H3. The SMILES string of the molecule is CCn1cc(C(C)NC(C)C2CC2)cn1. The predicted molar refractivity (Wildman–Crippen MR) is 61.6 cm³/mol. The van der Waals surface area contributed by atoms with Gasteiger partial charge in [0.2, 0.25) is 0 Å². The van der Waals surface area contributed by atoms with Crippen LogP contribution in [0.25, 0.3) is 0 Å². The Morgan fingerprint density at radius 2 is 2.27 bits per heavy atom. The van der Waals surface area contributed by atoms with Gasteiger partial charge in [-0.1, -0.05) is 0 Å². The van der Waals surface area contributed by atoms with E-state index in [9.17, 15) is 0 Å². The number of nitrogens with one attached hydrogen (secondary N) is 1. The molecule has 1 heterocycles. The topological polar surface area (TPSA) is 29.9 Å². The molecule has 1 fully saturated rings. The monoisotopic (exact) mass is 207 g/mol. The first kappa shape index (κ1) is 10.7. The van der Waals surface area contributed by atoms with E-state index in [1.165, 1.54) is 18.4 Å². The summed E-state index contributed by atoms with van der Waals surface area (Å²) < 4.78 is 1.98. The van der Waals surface area contributed by atoms with E-state index in [1.807, 2.05) is 10.9 Å². The van der Waals surface area contributed by atoms with Gasteiger partial charge in [0, 0.05) is 30.4 Å². The van der Waals surface area contributed by atoms with Crippen LogP contribution in [0.3, 0.4) is 0 Å². The molecule has 0 aliphatic heterocycles. The third kappa shape index (κ3) is 2.59. The molecule has 0 radical (unpaired) electrons. The van der Waals surface area contributed by atoms with Crippen molar-refractivity contribution in [2.24, 2.45) is 5.92 Å². The van der Waals surface area contributed by atoms with Gasteiger partial charge in [0.15, 0.2) is 0 Å². The fourth-order valence-electron chi connectivity index (χ4n) is 2.00. The molecule has 1 aliphatic carbocycles. The van der Waals surface area contributed by atoms with E-state index >= 15 is 0 Å². The van der Waals surface area contributed by atoms with E-state index in [0.29, 0.717) is 12.1 Å². The van der Waals surface area contributed by atoms with Crippen LogP contribution in [0.4, 0.5) is 0 Å². The first-order chi connectivity index (χ1) is 7.20. The summed E-state index contributed by atoms with van der Waals surface area (Å²) in [5, 5.41) is 7.94. The van der Waals surface area contributed by atoms with Gasteiger partial charge < -0.3 is 5.32 Å². The molecule has 0 saturated heterocycles. The molecule has 1 N–H and O–H groups in total. The Morgan fingerprint density at radius 3 is 2.80 bits per heavy atom. The van der Waals surface area contributed by atoms with Gasteiger partial charge in [0.1, 0.15) is 0 Å². The molecular formula is C12H21N3. The van der Waals surface area contributed by atoms with Crippen LogP contribution in [-0.2, 0) is 6.54 Å². The molecule has 0 spiro atoms. The van der Waals surface area contributed by atoms with Crippen LogP contribution in [0, 0.1) is 5.92 Å². The van der Waals surface area contributed by atoms with Gasteiger partial charge >= 0.3 is 0 Å². The van der Waals surface area contributed by atoms with Gasteiger partial charge in [0.05, 0.1) is 6.20 Å². The minimum atomic E-state index is 0.417. The van der Waals surface area contributed by atoms with Gasteiger partial charge in [-0.25, -0.2) is 0 Å². The van der Waals surface area contributed by atoms with Gasteiger partial charge in [-0.15, -0.1) is 0 Å². The van der Waals surface area contributed by atoms with Crippen LogP contribution < -0.4 is 5.32 Å². The van der Waals surface area contributed by atoms with E-state index in [2.05, 4.69) is 37.4 Å². The summed E-state index contributed by atoms with van der Waals surface area (Å²) >= 11 is 0. The number of rotatable bonds is 5. The molecule has 1 aliphatic rings. The minimum Gasteiger partial charge on any atom is -0.307 e. The van der Waals surface area contributed by atoms with Crippen LogP contribution in [0.1, 0.15) is 45.2 Å². The molecule has 1 aromatic heterocycles. The van der Waals surface area contributed by atoms with E-state index in [0.717, 1.165) is 12.5 Å². The second-order valence-electron chi connectivity index (χ2n) is 4.64. The summed E-state index contributed by atoms with van der Waals surface area (Å²) in [6, 6.07) is 1.06. The second-order valence-corrected chi connectivity index (χ2v) is 4.64. The number of hydrogen-bond acceptors (Lipinski definition) is 2. The van der Waals surface area contributed by atoms with Gasteiger partial charge in [-0.05, 0) is 39.5 Å². The third-order valence-electron chi connectivity index (χ3n) is 3.32. The molecule has 0 amide bonds. The zero-order valence-corrected chi connectivity index (χ0v) is 9.90. The van der Waals surface area contributed by atoms with Crippen LogP contribution in [0.15, 0.2) is 12.4 Å². The Bertz CT molecular complexity index is 314. The van der Waals surface area contributed by atoms with Crippen molar-refractivity contribution in [3.05, 3.63) is 18.0 Å². The summed E-state index contributed by atoms with van der Waals surface area (Å²) in [6.45, 7) is 7.57. The minimum absolute atomic E-state index is 0.417. The van der Waals surface area contributed by atoms with Gasteiger partial charge in [-0.3, -0.25) is 4.68 Å². The van der Waals surface area contributed by atoms with Crippen LogP contribution in [0.5, 0.6) is 0 Å². The molecule has 15 heavy (non-hydrogen) atoms. The van der Waals surface area contributed by atoms with Crippen molar-refractivity contribution < 1.29 is 0 Å². The lowest BCUT2D eigenvalue weighted by Gasteiger charge is -2.18. The summed E-state index contributed by atoms with van der Waals surface area (Å²) in [5.74, 6) is 0.911. The maximum atomic E-state index is 4.30. The quantitative estimate of drug-likeness (QED) is 0.803. The van der Waals surface area contributed by atoms with Crippen molar-refractivity contribution in [2.75, 3.05) is 0 Å². The van der Waals surface area contributed by atoms with Crippen LogP contribution in [-0.4, -0.2) is 15.8 Å². The number of hydrogen-bond donors (Lipinski definition) is 1. The van der Waals surface area contributed by atoms with E-state index in [1.54, 1.807) is 0 Å². The molecule has 2 unspecified atom stereocenters. The number of nitrogens with zero attached hydrogens (tertiary/aromatic N) is 2. The Labute approximate surface area is 91.9 Å². The lowest BCUT2D eigenvalue weighted by atomic mass is 10.1. The highest BCUT2D eigenvalue weighted by Gasteiger charge is 2.28. The maximum absolute atomic E-state index is 4.30. The fourth-order valence-corrected chi connectivity index (χ4v) is 2.00. The molecule has 84 valence electrons. The van der Waals surface area contributed by atoms with Crippen LogP contribution >= 0.6 is 0 Å². The predicted octanol–water partition coefficient (Wildman–Crippen LogP) is 2.35. The Morgan fingerprint density at radius 1 is 1.53 bits per heavy atom. The van der Waals surface area contributed by atoms with Crippen LogP contribution in [0.2, 0.25) is 0 Å². The summed E-state index contributed by atoms with van der Waals surface area (Å²) in [6.07, 6.45) is 6.91. The van der Waals surface area contributed by atoms with Crippen molar-refractivity contribution >= 4 is 0 Å². The number of aromatic nitrogens is 2. The van der Waals surface area contributed by atoms with Gasteiger partial charge in [0.25, 0.3) is 0 Å². The molecular weight excluding hydrogens is 186 g/mol. The molecule has 1 saturated carbocycles. The average Bonchev–Trinajstić information content (AvgIpc) is 2.96. The van der Waals surface area contributed by atoms with Crippen molar-refractivity contribution in [3.8, 4) is 0 Å². The molecule has 1 aromatic rings. The fraction of sp³-hybridized carbons (Fsp3) is 0.750. The molecule has 2 atom stereocenters. The summed E-state index contributed by atoms with van der Waals surface area (Å²) in [5.41, 5.74) is 1.30. The highest BCUT2D eigenvalue weighted by atomic mass is 15.3. The smallest absolute Gasteiger partial charge is 0.0537 e. The number of aryl methyl sites for hydroxylation is 1. The molecule has 3 nitrogen and oxygen atoms in total. The second kappa shape index (κ2) is 4.35. The molecule has 0 aromatic carbocycles. The Balaban J connectivity index is 1.91. The molecule has 2 rings (SSSR count). The van der Waals surface area contributed by atoms with Gasteiger partial charge in [-0.2, -0.15) is 5.10 Å². The third-order valence-corrected chi connectivity index (χ3v) is 3.32. The molecule has 3 heteroatoms. The first-order valence-electron chi connectivity index (χ1n) is 5.99. The van der Waals surface area contributed by atoms with Crippen molar-refractivity contribution in [3.63, 3.8) is 0 Å². The zero-order valence-electron chi connectivity index (χ0n) is 9.90. The van der Waals surface area contributed by atoms with E-state index in [4.69, 9.17) is 0 Å². The van der Waals surface area contributed by atoms with E-state index < -0.39 is 0 Å². The summed E-state index contributed by atoms with van der Waals surface area (Å²) in [4.78, 5) is 0. The normalized spacial score (nSPS) is 20.2. The Kier molecular flexibility index (Phi) is 3.10. The highest BCUT2D eigenvalue weighted by Crippen LogP contribution is 2.33. The highest BCUT2D eigenvalue weighted by molar-refractivity contribution is 5.09. The first-order valence-corrected chi connectivity index (χ1v) is 5.99. The van der Waals surface area contributed by atoms with E-state index in [-0.39, 0.29) is 0 Å². The van der Waals surface area contributed by atoms with Crippen molar-refractivity contribution in [1.29, 1.82) is 0 Å².